The van der Waals surface area contributed by atoms with Gasteiger partial charge in [0.2, 0.25) is 17.0 Å². The minimum atomic E-state index is -4.76. The fourth-order valence-corrected chi connectivity index (χ4v) is 3.66. The van der Waals surface area contributed by atoms with E-state index in [1.807, 2.05) is 13.0 Å². The van der Waals surface area contributed by atoms with E-state index in [0.717, 1.165) is 16.0 Å². The number of carbonyl (C=O) groups excluding carboxylic acids is 2. The van der Waals surface area contributed by atoms with Gasteiger partial charge >= 0.3 is 6.18 Å². The molecule has 1 aromatic heterocycles. The highest BCUT2D eigenvalue weighted by Gasteiger charge is 2.43. The zero-order valence-electron chi connectivity index (χ0n) is 13.7. The number of benzene rings is 1. The van der Waals surface area contributed by atoms with Gasteiger partial charge in [-0.3, -0.25) is 9.59 Å². The first kappa shape index (κ1) is 18.2. The molecule has 2 amide bonds. The zero-order chi connectivity index (χ0) is 19.2. The predicted molar refractivity (Wildman–Crippen MR) is 87.8 cm³/mol. The monoisotopic (exact) mass is 385 g/mol. The summed E-state index contributed by atoms with van der Waals surface area (Å²) in [4.78, 5) is 26.0. The molecule has 2 heterocycles. The van der Waals surface area contributed by atoms with E-state index in [9.17, 15) is 22.8 Å². The fourth-order valence-electron chi connectivity index (χ4n) is 2.68. The number of nitrogen functional groups attached to an aromatic ring is 1. The van der Waals surface area contributed by atoms with Crippen molar-refractivity contribution in [2.75, 3.05) is 10.7 Å². The number of aryl methyl sites for hydroxylation is 2. The largest absolute Gasteiger partial charge is 0.453 e. The summed E-state index contributed by atoms with van der Waals surface area (Å²) in [5.74, 6) is 3.05. The van der Waals surface area contributed by atoms with Crippen molar-refractivity contribution in [3.63, 3.8) is 0 Å². The summed E-state index contributed by atoms with van der Waals surface area (Å²) >= 11 is 0.686. The van der Waals surface area contributed by atoms with Crippen molar-refractivity contribution in [2.24, 2.45) is 0 Å². The van der Waals surface area contributed by atoms with Gasteiger partial charge in [0.1, 0.15) is 5.25 Å². The van der Waals surface area contributed by atoms with Crippen LogP contribution in [0.4, 0.5) is 18.9 Å². The average Bonchev–Trinajstić information content (AvgIpc) is 3.01. The molecular weight excluding hydrogens is 371 g/mol. The van der Waals surface area contributed by atoms with E-state index >= 15 is 0 Å². The predicted octanol–water partition coefficient (Wildman–Crippen LogP) is 2.05. The first-order valence-corrected chi connectivity index (χ1v) is 8.36. The second-order valence-corrected chi connectivity index (χ2v) is 7.01. The molecule has 1 aromatic carbocycles. The first-order valence-electron chi connectivity index (χ1n) is 7.48. The maximum Gasteiger partial charge on any atom is 0.453 e. The zero-order valence-corrected chi connectivity index (χ0v) is 14.6. The number of imide groups is 1. The van der Waals surface area contributed by atoms with Crippen molar-refractivity contribution >= 4 is 29.3 Å². The van der Waals surface area contributed by atoms with Crippen LogP contribution in [0.3, 0.4) is 0 Å². The maximum atomic E-state index is 12.7. The molecule has 138 valence electrons. The Morgan fingerprint density at radius 1 is 1.23 bits per heavy atom. The smallest absolute Gasteiger partial charge is 0.335 e. The number of halogens is 3. The minimum absolute atomic E-state index is 0.162. The molecule has 3 rings (SSSR count). The van der Waals surface area contributed by atoms with E-state index < -0.39 is 29.1 Å². The SMILES string of the molecule is Cc1ccc(N2C(=O)C[C@H](Sc3nnc(C(F)(F)F)n3N)C2=O)c(C)c1. The van der Waals surface area contributed by atoms with Crippen LogP contribution in [-0.4, -0.2) is 31.9 Å². The van der Waals surface area contributed by atoms with E-state index in [1.165, 1.54) is 0 Å². The second-order valence-electron chi connectivity index (χ2n) is 5.84. The molecule has 0 aliphatic carbocycles. The van der Waals surface area contributed by atoms with Crippen LogP contribution >= 0.6 is 11.8 Å². The average molecular weight is 385 g/mol. The molecule has 2 N–H and O–H groups in total. The molecule has 0 bridgehead atoms. The molecule has 1 aliphatic rings. The van der Waals surface area contributed by atoms with Gasteiger partial charge in [-0.05, 0) is 25.5 Å². The molecule has 11 heteroatoms. The molecule has 2 aromatic rings. The van der Waals surface area contributed by atoms with Gasteiger partial charge in [-0.2, -0.15) is 13.2 Å². The lowest BCUT2D eigenvalue weighted by atomic mass is 10.1. The normalized spacial score (nSPS) is 18.0. The molecule has 0 radical (unpaired) electrons. The quantitative estimate of drug-likeness (QED) is 0.642. The summed E-state index contributed by atoms with van der Waals surface area (Å²) in [6, 6.07) is 5.28. The Hall–Kier alpha value is -2.56. The number of hydrogen-bond donors (Lipinski definition) is 1. The number of hydrogen-bond acceptors (Lipinski definition) is 6. The van der Waals surface area contributed by atoms with E-state index in [2.05, 4.69) is 10.2 Å². The van der Waals surface area contributed by atoms with Crippen molar-refractivity contribution in [3.8, 4) is 0 Å². The van der Waals surface area contributed by atoms with Crippen LogP contribution in [0.1, 0.15) is 23.4 Å². The lowest BCUT2D eigenvalue weighted by molar-refractivity contribution is -0.146. The summed E-state index contributed by atoms with van der Waals surface area (Å²) in [6.45, 7) is 3.66. The van der Waals surface area contributed by atoms with Crippen LogP contribution < -0.4 is 10.7 Å². The molecule has 1 atom stereocenters. The number of nitrogens with two attached hydrogens (primary N) is 1. The van der Waals surface area contributed by atoms with Crippen LogP contribution in [0, 0.1) is 13.8 Å². The number of alkyl halides is 3. The van der Waals surface area contributed by atoms with Gasteiger partial charge in [-0.1, -0.05) is 29.5 Å². The van der Waals surface area contributed by atoms with E-state index in [1.54, 1.807) is 19.1 Å². The number of nitrogens with zero attached hydrogens (tertiary/aromatic N) is 4. The van der Waals surface area contributed by atoms with Gasteiger partial charge in [0.25, 0.3) is 5.82 Å². The highest BCUT2D eigenvalue weighted by atomic mass is 32.2. The Bertz CT molecular complexity index is 896. The van der Waals surface area contributed by atoms with Gasteiger partial charge in [0, 0.05) is 6.42 Å². The fraction of sp³-hybridized carbons (Fsp3) is 0.333. The highest BCUT2D eigenvalue weighted by molar-refractivity contribution is 8.00. The Balaban J connectivity index is 1.85. The molecule has 1 fully saturated rings. The number of thioether (sulfide) groups is 1. The van der Waals surface area contributed by atoms with E-state index in [-0.39, 0.29) is 16.3 Å². The molecule has 26 heavy (non-hydrogen) atoms. The van der Waals surface area contributed by atoms with Crippen molar-refractivity contribution in [1.82, 2.24) is 14.9 Å². The van der Waals surface area contributed by atoms with Gasteiger partial charge in [0.15, 0.2) is 0 Å². The summed E-state index contributed by atoms with van der Waals surface area (Å²) in [5, 5.41) is 5.18. The number of rotatable bonds is 3. The lowest BCUT2D eigenvalue weighted by Gasteiger charge is -2.17. The first-order chi connectivity index (χ1) is 12.1. The van der Waals surface area contributed by atoms with Gasteiger partial charge in [-0.15, -0.1) is 10.2 Å². The lowest BCUT2D eigenvalue weighted by Crippen LogP contribution is -2.32. The van der Waals surface area contributed by atoms with E-state index in [0.29, 0.717) is 17.4 Å². The number of amides is 2. The van der Waals surface area contributed by atoms with Crippen molar-refractivity contribution in [1.29, 1.82) is 0 Å². The summed E-state index contributed by atoms with van der Waals surface area (Å²) in [7, 11) is 0. The number of aromatic nitrogens is 3. The number of anilines is 1. The van der Waals surface area contributed by atoms with Crippen LogP contribution in [0.25, 0.3) is 0 Å². The third-order valence-corrected chi connectivity index (χ3v) is 5.01. The third-order valence-electron chi connectivity index (χ3n) is 3.86. The van der Waals surface area contributed by atoms with Crippen LogP contribution in [-0.2, 0) is 15.8 Å². The second kappa shape index (κ2) is 6.31. The number of carbonyl (C=O) groups is 2. The summed E-state index contributed by atoms with van der Waals surface area (Å²) in [5.41, 5.74) is 2.18. The molecule has 0 unspecified atom stereocenters. The molecule has 7 nitrogen and oxygen atoms in total. The van der Waals surface area contributed by atoms with Crippen LogP contribution in [0.2, 0.25) is 0 Å². The van der Waals surface area contributed by atoms with Crippen molar-refractivity contribution < 1.29 is 22.8 Å². The van der Waals surface area contributed by atoms with Crippen molar-refractivity contribution in [3.05, 3.63) is 35.2 Å². The highest BCUT2D eigenvalue weighted by Crippen LogP contribution is 2.36. The molecule has 0 spiro atoms. The Kier molecular flexibility index (Phi) is 4.42. The van der Waals surface area contributed by atoms with Gasteiger partial charge in [0.05, 0.1) is 5.69 Å². The minimum Gasteiger partial charge on any atom is -0.335 e. The Morgan fingerprint density at radius 3 is 2.50 bits per heavy atom. The van der Waals surface area contributed by atoms with Crippen LogP contribution in [0.15, 0.2) is 23.4 Å². The molecule has 1 aliphatic heterocycles. The maximum absolute atomic E-state index is 12.7. The Morgan fingerprint density at radius 2 is 1.92 bits per heavy atom. The molecule has 1 saturated heterocycles. The topological polar surface area (TPSA) is 94.1 Å². The van der Waals surface area contributed by atoms with E-state index in [4.69, 9.17) is 5.84 Å². The van der Waals surface area contributed by atoms with Gasteiger partial charge in [-0.25, -0.2) is 9.58 Å². The third kappa shape index (κ3) is 3.14. The van der Waals surface area contributed by atoms with Crippen molar-refractivity contribution in [2.45, 2.75) is 36.9 Å². The van der Waals surface area contributed by atoms with Gasteiger partial charge < -0.3 is 5.84 Å². The Labute approximate surface area is 150 Å². The molecular formula is C15H14F3N5O2S. The standard InChI is InChI=1S/C15H14F3N5O2S/c1-7-3-4-9(8(2)5-7)22-11(24)6-10(12(22)25)26-14-21-20-13(23(14)19)15(16,17)18/h3-5,10H,6,19H2,1-2H3/t10-/m0/s1. The summed E-state index contributed by atoms with van der Waals surface area (Å²) in [6.07, 6.45) is -4.92. The van der Waals surface area contributed by atoms with Crippen LogP contribution in [0.5, 0.6) is 0 Å². The molecule has 0 saturated carbocycles. The summed E-state index contributed by atoms with van der Waals surface area (Å²) < 4.78 is 38.5.